The molecule has 0 spiro atoms. The van der Waals surface area contributed by atoms with Gasteiger partial charge in [0.05, 0.1) is 11.4 Å². The van der Waals surface area contributed by atoms with Gasteiger partial charge < -0.3 is 16.4 Å². The minimum absolute atomic E-state index is 0.141. The van der Waals surface area contributed by atoms with Crippen LogP contribution in [0.25, 0.3) is 0 Å². The number of anilines is 2. The number of hydrogen-bond donors (Lipinski definition) is 3. The van der Waals surface area contributed by atoms with Gasteiger partial charge in [-0.05, 0) is 57.7 Å². The molecule has 0 bridgehead atoms. The van der Waals surface area contributed by atoms with Gasteiger partial charge in [-0.15, -0.1) is 0 Å². The third kappa shape index (κ3) is 4.53. The Morgan fingerprint density at radius 1 is 1.29 bits per heavy atom. The molecule has 0 aromatic heterocycles. The summed E-state index contributed by atoms with van der Waals surface area (Å²) in [5.41, 5.74) is 7.55. The van der Waals surface area contributed by atoms with Crippen LogP contribution in [0, 0.1) is 5.92 Å². The maximum absolute atomic E-state index is 12.0. The van der Waals surface area contributed by atoms with Gasteiger partial charge in [-0.2, -0.15) is 0 Å². The molecule has 1 fully saturated rings. The second-order valence-electron chi connectivity index (χ2n) is 6.09. The molecule has 0 unspecified atom stereocenters. The average Bonchev–Trinajstić information content (AvgIpc) is 2.43. The van der Waals surface area contributed by atoms with Gasteiger partial charge in [0.15, 0.2) is 0 Å². The van der Waals surface area contributed by atoms with Crippen LogP contribution in [0.15, 0.2) is 18.2 Å². The second-order valence-corrected chi connectivity index (χ2v) is 6.52. The van der Waals surface area contributed by atoms with E-state index in [0.29, 0.717) is 16.8 Å². The van der Waals surface area contributed by atoms with Gasteiger partial charge in [0.25, 0.3) is 0 Å². The van der Waals surface area contributed by atoms with Crippen molar-refractivity contribution in [2.75, 3.05) is 11.1 Å². The van der Waals surface area contributed by atoms with Crippen LogP contribution in [0.4, 0.5) is 11.4 Å². The molecule has 1 aromatic carbocycles. The van der Waals surface area contributed by atoms with E-state index in [9.17, 15) is 4.79 Å². The van der Waals surface area contributed by atoms with E-state index in [2.05, 4.69) is 10.6 Å². The van der Waals surface area contributed by atoms with E-state index in [0.717, 1.165) is 31.4 Å². The SMILES string of the molecule is CC(C)NC(=O)C1CCC(Nc2cc(Cl)ccc2N)CC1. The number of hydrogen-bond acceptors (Lipinski definition) is 3. The zero-order valence-corrected chi connectivity index (χ0v) is 13.4. The lowest BCUT2D eigenvalue weighted by Crippen LogP contribution is -2.38. The van der Waals surface area contributed by atoms with E-state index >= 15 is 0 Å². The predicted octanol–water partition coefficient (Wildman–Crippen LogP) is 3.42. The molecule has 0 aliphatic heterocycles. The summed E-state index contributed by atoms with van der Waals surface area (Å²) in [6.07, 6.45) is 3.78. The lowest BCUT2D eigenvalue weighted by atomic mass is 9.85. The Kier molecular flexibility index (Phi) is 5.34. The van der Waals surface area contributed by atoms with Crippen molar-refractivity contribution >= 4 is 28.9 Å². The van der Waals surface area contributed by atoms with Crippen molar-refractivity contribution in [2.45, 2.75) is 51.6 Å². The fraction of sp³-hybridized carbons (Fsp3) is 0.562. The first-order valence-corrected chi connectivity index (χ1v) is 7.95. The molecule has 21 heavy (non-hydrogen) atoms. The van der Waals surface area contributed by atoms with Crippen LogP contribution in [0.2, 0.25) is 5.02 Å². The number of halogens is 1. The van der Waals surface area contributed by atoms with Crippen molar-refractivity contribution in [3.8, 4) is 0 Å². The van der Waals surface area contributed by atoms with Crippen LogP contribution >= 0.6 is 11.6 Å². The van der Waals surface area contributed by atoms with Crippen LogP contribution < -0.4 is 16.4 Å². The van der Waals surface area contributed by atoms with Crippen molar-refractivity contribution < 1.29 is 4.79 Å². The third-order valence-corrected chi connectivity index (χ3v) is 4.14. The molecule has 0 saturated heterocycles. The maximum atomic E-state index is 12.0. The van der Waals surface area contributed by atoms with E-state index < -0.39 is 0 Å². The Bertz CT molecular complexity index is 496. The van der Waals surface area contributed by atoms with E-state index in [4.69, 9.17) is 17.3 Å². The highest BCUT2D eigenvalue weighted by Crippen LogP contribution is 2.30. The molecular formula is C16H24ClN3O. The quantitative estimate of drug-likeness (QED) is 0.747. The highest BCUT2D eigenvalue weighted by molar-refractivity contribution is 6.31. The molecule has 1 amide bonds. The topological polar surface area (TPSA) is 67.2 Å². The summed E-state index contributed by atoms with van der Waals surface area (Å²) < 4.78 is 0. The number of carbonyl (C=O) groups excluding carboxylic acids is 1. The Morgan fingerprint density at radius 3 is 2.57 bits per heavy atom. The smallest absolute Gasteiger partial charge is 0.223 e. The molecule has 1 saturated carbocycles. The zero-order valence-electron chi connectivity index (χ0n) is 12.7. The minimum atomic E-state index is 0.141. The summed E-state index contributed by atoms with van der Waals surface area (Å²) in [6, 6.07) is 6.02. The van der Waals surface area contributed by atoms with Crippen LogP contribution in [0.5, 0.6) is 0 Å². The van der Waals surface area contributed by atoms with Crippen molar-refractivity contribution in [3.63, 3.8) is 0 Å². The Labute approximate surface area is 131 Å². The molecule has 0 heterocycles. The summed E-state index contributed by atoms with van der Waals surface area (Å²) in [6.45, 7) is 3.99. The van der Waals surface area contributed by atoms with Gasteiger partial charge in [-0.1, -0.05) is 11.6 Å². The van der Waals surface area contributed by atoms with Gasteiger partial charge >= 0.3 is 0 Å². The van der Waals surface area contributed by atoms with Crippen LogP contribution in [-0.4, -0.2) is 18.0 Å². The maximum Gasteiger partial charge on any atom is 0.223 e. The molecule has 1 aliphatic carbocycles. The first-order chi connectivity index (χ1) is 9.95. The lowest BCUT2D eigenvalue weighted by molar-refractivity contribution is -0.126. The van der Waals surface area contributed by atoms with E-state index in [1.165, 1.54) is 0 Å². The van der Waals surface area contributed by atoms with E-state index in [-0.39, 0.29) is 17.9 Å². The van der Waals surface area contributed by atoms with Crippen LogP contribution in [-0.2, 0) is 4.79 Å². The Balaban J connectivity index is 1.87. The normalized spacial score (nSPS) is 22.1. The van der Waals surface area contributed by atoms with Gasteiger partial charge in [-0.3, -0.25) is 4.79 Å². The van der Waals surface area contributed by atoms with Crippen LogP contribution in [0.1, 0.15) is 39.5 Å². The van der Waals surface area contributed by atoms with Gasteiger partial charge in [0.2, 0.25) is 5.91 Å². The van der Waals surface area contributed by atoms with E-state index in [1.807, 2.05) is 26.0 Å². The molecule has 4 nitrogen and oxygen atoms in total. The monoisotopic (exact) mass is 309 g/mol. The lowest BCUT2D eigenvalue weighted by Gasteiger charge is -2.30. The molecule has 0 atom stereocenters. The number of amides is 1. The van der Waals surface area contributed by atoms with Gasteiger partial charge in [0.1, 0.15) is 0 Å². The Hall–Kier alpha value is -1.42. The Morgan fingerprint density at radius 2 is 1.95 bits per heavy atom. The molecule has 1 aliphatic rings. The van der Waals surface area contributed by atoms with Gasteiger partial charge in [-0.25, -0.2) is 0 Å². The number of nitrogens with two attached hydrogens (primary N) is 1. The third-order valence-electron chi connectivity index (χ3n) is 3.90. The highest BCUT2D eigenvalue weighted by Gasteiger charge is 2.26. The molecule has 4 N–H and O–H groups in total. The summed E-state index contributed by atoms with van der Waals surface area (Å²) in [5, 5.41) is 7.12. The fourth-order valence-electron chi connectivity index (χ4n) is 2.78. The summed E-state index contributed by atoms with van der Waals surface area (Å²) in [4.78, 5) is 12.0. The minimum Gasteiger partial charge on any atom is -0.397 e. The molecular weight excluding hydrogens is 286 g/mol. The van der Waals surface area contributed by atoms with Crippen molar-refractivity contribution in [1.82, 2.24) is 5.32 Å². The van der Waals surface area contributed by atoms with Crippen molar-refractivity contribution in [2.24, 2.45) is 5.92 Å². The van der Waals surface area contributed by atoms with E-state index in [1.54, 1.807) is 6.07 Å². The van der Waals surface area contributed by atoms with Crippen LogP contribution in [0.3, 0.4) is 0 Å². The largest absolute Gasteiger partial charge is 0.397 e. The molecule has 116 valence electrons. The van der Waals surface area contributed by atoms with Gasteiger partial charge in [0, 0.05) is 23.0 Å². The number of nitrogen functional groups attached to an aromatic ring is 1. The molecule has 0 radical (unpaired) electrons. The number of benzene rings is 1. The molecule has 1 aromatic rings. The molecule has 2 rings (SSSR count). The standard InChI is InChI=1S/C16H24ClN3O/c1-10(2)19-16(21)11-3-6-13(7-4-11)20-15-9-12(17)5-8-14(15)18/h5,8-11,13,20H,3-4,6-7,18H2,1-2H3,(H,19,21). The molecule has 5 heteroatoms. The number of carbonyl (C=O) groups is 1. The first-order valence-electron chi connectivity index (χ1n) is 7.57. The summed E-state index contributed by atoms with van der Waals surface area (Å²) in [7, 11) is 0. The summed E-state index contributed by atoms with van der Waals surface area (Å²) >= 11 is 6.00. The summed E-state index contributed by atoms with van der Waals surface area (Å²) in [5.74, 6) is 0.327. The number of nitrogens with one attached hydrogen (secondary N) is 2. The first kappa shape index (κ1) is 16.0. The fourth-order valence-corrected chi connectivity index (χ4v) is 2.95. The number of rotatable bonds is 4. The predicted molar refractivity (Wildman–Crippen MR) is 88.5 cm³/mol. The second kappa shape index (κ2) is 7.03. The van der Waals surface area contributed by atoms with Crippen molar-refractivity contribution in [3.05, 3.63) is 23.2 Å². The zero-order chi connectivity index (χ0) is 15.4. The average molecular weight is 310 g/mol. The highest BCUT2D eigenvalue weighted by atomic mass is 35.5. The van der Waals surface area contributed by atoms with Crippen molar-refractivity contribution in [1.29, 1.82) is 0 Å².